The molecule has 0 aliphatic rings. The Balaban J connectivity index is 1.15. The molecular formula is C30H28N2O4. The van der Waals surface area contributed by atoms with Crippen molar-refractivity contribution >= 4 is 12.1 Å². The minimum absolute atomic E-state index is 0.145. The summed E-state index contributed by atoms with van der Waals surface area (Å²) < 4.78 is 17.1. The molecule has 0 unspecified atom stereocenters. The van der Waals surface area contributed by atoms with Crippen molar-refractivity contribution in [2.75, 3.05) is 6.61 Å². The first-order chi connectivity index (χ1) is 17.6. The highest BCUT2D eigenvalue weighted by Crippen LogP contribution is 2.19. The highest BCUT2D eigenvalue weighted by molar-refractivity contribution is 5.83. The van der Waals surface area contributed by atoms with Crippen molar-refractivity contribution in [3.8, 4) is 17.2 Å². The number of nitrogens with one attached hydrogen (secondary N) is 1. The van der Waals surface area contributed by atoms with Crippen LogP contribution in [0.25, 0.3) is 0 Å². The second-order valence-electron chi connectivity index (χ2n) is 8.17. The molecule has 0 heterocycles. The zero-order chi connectivity index (χ0) is 25.0. The summed E-state index contributed by atoms with van der Waals surface area (Å²) in [5.41, 5.74) is 6.74. The molecular weight excluding hydrogens is 452 g/mol. The van der Waals surface area contributed by atoms with Gasteiger partial charge in [0.2, 0.25) is 0 Å². The van der Waals surface area contributed by atoms with Crippen LogP contribution in [0.3, 0.4) is 0 Å². The number of benzene rings is 4. The highest BCUT2D eigenvalue weighted by Gasteiger charge is 2.03. The Kier molecular flexibility index (Phi) is 8.70. The monoisotopic (exact) mass is 480 g/mol. The van der Waals surface area contributed by atoms with Crippen molar-refractivity contribution in [1.29, 1.82) is 0 Å². The van der Waals surface area contributed by atoms with E-state index in [1.165, 1.54) is 5.56 Å². The number of ether oxygens (including phenoxy) is 3. The molecule has 0 radical (unpaired) electrons. The number of carbonyl (C=O) groups is 1. The molecule has 0 atom stereocenters. The first kappa shape index (κ1) is 24.5. The third-order valence-corrected chi connectivity index (χ3v) is 5.25. The smallest absolute Gasteiger partial charge is 0.277 e. The van der Waals surface area contributed by atoms with Crippen LogP contribution in [0.15, 0.2) is 108 Å². The van der Waals surface area contributed by atoms with Crippen molar-refractivity contribution in [2.45, 2.75) is 20.1 Å². The molecule has 36 heavy (non-hydrogen) atoms. The summed E-state index contributed by atoms with van der Waals surface area (Å²) >= 11 is 0. The Morgan fingerprint density at radius 1 is 0.694 bits per heavy atom. The van der Waals surface area contributed by atoms with Crippen LogP contribution in [0.2, 0.25) is 0 Å². The lowest BCUT2D eigenvalue weighted by atomic mass is 10.2. The summed E-state index contributed by atoms with van der Waals surface area (Å²) in [6, 6.07) is 32.8. The number of nitrogens with zero attached hydrogens (tertiary/aromatic N) is 1. The zero-order valence-electron chi connectivity index (χ0n) is 20.1. The number of aryl methyl sites for hydroxylation is 1. The summed E-state index contributed by atoms with van der Waals surface area (Å²) in [6.45, 7) is 2.91. The van der Waals surface area contributed by atoms with Gasteiger partial charge in [-0.15, -0.1) is 0 Å². The Bertz CT molecular complexity index is 1250. The van der Waals surface area contributed by atoms with Crippen LogP contribution in [0.4, 0.5) is 0 Å². The Labute approximate surface area is 211 Å². The van der Waals surface area contributed by atoms with E-state index >= 15 is 0 Å². The quantitative estimate of drug-likeness (QED) is 0.221. The Morgan fingerprint density at radius 2 is 1.22 bits per heavy atom. The molecule has 6 heteroatoms. The van der Waals surface area contributed by atoms with Crippen molar-refractivity contribution in [3.63, 3.8) is 0 Å². The fraction of sp³-hybridized carbons (Fsp3) is 0.133. The molecule has 1 N–H and O–H groups in total. The van der Waals surface area contributed by atoms with Crippen molar-refractivity contribution in [1.82, 2.24) is 5.43 Å². The minimum atomic E-state index is -0.353. The van der Waals surface area contributed by atoms with E-state index in [1.54, 1.807) is 18.3 Å². The van der Waals surface area contributed by atoms with E-state index in [4.69, 9.17) is 14.2 Å². The van der Waals surface area contributed by atoms with Gasteiger partial charge in [0, 0.05) is 0 Å². The van der Waals surface area contributed by atoms with Gasteiger partial charge in [-0.2, -0.15) is 5.10 Å². The van der Waals surface area contributed by atoms with Gasteiger partial charge in [-0.1, -0.05) is 60.2 Å². The molecule has 0 fully saturated rings. The zero-order valence-corrected chi connectivity index (χ0v) is 20.1. The molecule has 0 aliphatic heterocycles. The predicted molar refractivity (Wildman–Crippen MR) is 140 cm³/mol. The first-order valence-electron chi connectivity index (χ1n) is 11.6. The molecule has 0 bridgehead atoms. The van der Waals surface area contributed by atoms with Crippen molar-refractivity contribution < 1.29 is 19.0 Å². The van der Waals surface area contributed by atoms with Crippen LogP contribution in [0.1, 0.15) is 22.3 Å². The molecule has 4 aromatic rings. The van der Waals surface area contributed by atoms with Crippen LogP contribution in [-0.4, -0.2) is 18.7 Å². The Morgan fingerprint density at radius 3 is 1.83 bits per heavy atom. The topological polar surface area (TPSA) is 69.2 Å². The maximum Gasteiger partial charge on any atom is 0.277 e. The first-order valence-corrected chi connectivity index (χ1v) is 11.6. The predicted octanol–water partition coefficient (Wildman–Crippen LogP) is 5.68. The van der Waals surface area contributed by atoms with Crippen LogP contribution in [0, 0.1) is 6.92 Å². The Hall–Kier alpha value is -4.58. The van der Waals surface area contributed by atoms with Crippen LogP contribution >= 0.6 is 0 Å². The van der Waals surface area contributed by atoms with Crippen molar-refractivity contribution in [3.05, 3.63) is 125 Å². The van der Waals surface area contributed by atoms with Gasteiger partial charge < -0.3 is 14.2 Å². The van der Waals surface area contributed by atoms with Gasteiger partial charge in [0.15, 0.2) is 6.61 Å². The third kappa shape index (κ3) is 8.02. The van der Waals surface area contributed by atoms with Gasteiger partial charge >= 0.3 is 0 Å². The lowest BCUT2D eigenvalue weighted by Crippen LogP contribution is -2.24. The number of hydrogen-bond donors (Lipinski definition) is 1. The van der Waals surface area contributed by atoms with E-state index < -0.39 is 0 Å². The minimum Gasteiger partial charge on any atom is -0.489 e. The van der Waals surface area contributed by atoms with Gasteiger partial charge in [0.25, 0.3) is 5.91 Å². The number of rotatable bonds is 11. The van der Waals surface area contributed by atoms with Gasteiger partial charge in [0.1, 0.15) is 30.5 Å². The molecule has 4 aromatic carbocycles. The van der Waals surface area contributed by atoms with E-state index in [-0.39, 0.29) is 12.5 Å². The van der Waals surface area contributed by atoms with Gasteiger partial charge in [-0.3, -0.25) is 4.79 Å². The standard InChI is InChI=1S/C30H28N2O4/c1-23-7-9-26(10-8-23)21-35-27-13-11-24(12-14-27)19-31-32-30(33)22-36-29-17-15-28(16-18-29)34-20-25-5-3-2-4-6-25/h2-19H,20-22H2,1H3,(H,32,33)/b31-19+. The van der Waals surface area contributed by atoms with Gasteiger partial charge in [-0.25, -0.2) is 5.43 Å². The van der Waals surface area contributed by atoms with Crippen LogP contribution < -0.4 is 19.6 Å². The molecule has 6 nitrogen and oxygen atoms in total. The summed E-state index contributed by atoms with van der Waals surface area (Å²) in [5.74, 6) is 1.71. The van der Waals surface area contributed by atoms with Gasteiger partial charge in [-0.05, 0) is 72.1 Å². The normalized spacial score (nSPS) is 10.7. The lowest BCUT2D eigenvalue weighted by Gasteiger charge is -2.08. The molecule has 1 amide bonds. The third-order valence-electron chi connectivity index (χ3n) is 5.25. The summed E-state index contributed by atoms with van der Waals surface area (Å²) in [7, 11) is 0. The van der Waals surface area contributed by atoms with E-state index in [0.29, 0.717) is 19.0 Å². The van der Waals surface area contributed by atoms with Gasteiger partial charge in [0.05, 0.1) is 6.21 Å². The molecule has 0 aromatic heterocycles. The molecule has 4 rings (SSSR count). The summed E-state index contributed by atoms with van der Waals surface area (Å²) in [5, 5.41) is 3.99. The summed E-state index contributed by atoms with van der Waals surface area (Å²) in [6.07, 6.45) is 1.57. The van der Waals surface area contributed by atoms with E-state index in [9.17, 15) is 4.79 Å². The molecule has 0 aliphatic carbocycles. The second kappa shape index (κ2) is 12.8. The SMILES string of the molecule is Cc1ccc(COc2ccc(/C=N/NC(=O)COc3ccc(OCc4ccccc4)cc3)cc2)cc1. The average molecular weight is 481 g/mol. The second-order valence-corrected chi connectivity index (χ2v) is 8.17. The largest absolute Gasteiger partial charge is 0.489 e. The molecule has 0 saturated carbocycles. The molecule has 0 spiro atoms. The van der Waals surface area contributed by atoms with E-state index in [1.807, 2.05) is 66.7 Å². The molecule has 0 saturated heterocycles. The van der Waals surface area contributed by atoms with Crippen LogP contribution in [-0.2, 0) is 18.0 Å². The highest BCUT2D eigenvalue weighted by atomic mass is 16.5. The number of hydrogen-bond acceptors (Lipinski definition) is 5. The lowest BCUT2D eigenvalue weighted by molar-refractivity contribution is -0.123. The number of carbonyl (C=O) groups excluding carboxylic acids is 1. The van der Waals surface area contributed by atoms with Crippen molar-refractivity contribution in [2.24, 2.45) is 5.10 Å². The van der Waals surface area contributed by atoms with E-state index in [0.717, 1.165) is 28.2 Å². The average Bonchev–Trinajstić information content (AvgIpc) is 2.92. The summed E-state index contributed by atoms with van der Waals surface area (Å²) in [4.78, 5) is 12.0. The van der Waals surface area contributed by atoms with Crippen LogP contribution in [0.5, 0.6) is 17.2 Å². The number of hydrazone groups is 1. The maximum absolute atomic E-state index is 12.0. The number of amides is 1. The fourth-order valence-electron chi connectivity index (χ4n) is 3.23. The fourth-order valence-corrected chi connectivity index (χ4v) is 3.23. The molecule has 182 valence electrons. The maximum atomic E-state index is 12.0. The van der Waals surface area contributed by atoms with E-state index in [2.05, 4.69) is 41.7 Å².